The summed E-state index contributed by atoms with van der Waals surface area (Å²) in [5.74, 6) is 1.51. The van der Waals surface area contributed by atoms with Gasteiger partial charge in [0.15, 0.2) is 0 Å². The van der Waals surface area contributed by atoms with Crippen molar-refractivity contribution < 1.29 is 4.74 Å². The molecule has 2 unspecified atom stereocenters. The summed E-state index contributed by atoms with van der Waals surface area (Å²) < 4.78 is 5.44. The Labute approximate surface area is 125 Å². The monoisotopic (exact) mass is 295 g/mol. The molecule has 0 spiro atoms. The van der Waals surface area contributed by atoms with Crippen molar-refractivity contribution in [2.24, 2.45) is 5.73 Å². The Balaban J connectivity index is 2.10. The Morgan fingerprint density at radius 1 is 1.33 bits per heavy atom. The molecule has 8 nitrogen and oxygen atoms in total. The Hall–Kier alpha value is -1.51. The van der Waals surface area contributed by atoms with Crippen molar-refractivity contribution in [3.63, 3.8) is 0 Å². The zero-order valence-electron chi connectivity index (χ0n) is 13.0. The van der Waals surface area contributed by atoms with Crippen molar-refractivity contribution in [3.05, 3.63) is 5.82 Å². The van der Waals surface area contributed by atoms with Crippen molar-refractivity contribution in [3.8, 4) is 0 Å². The molecule has 1 aliphatic rings. The van der Waals surface area contributed by atoms with Crippen LogP contribution in [0.4, 0.5) is 11.9 Å². The number of aromatic nitrogens is 3. The maximum atomic E-state index is 5.89. The molecule has 118 valence electrons. The fourth-order valence-electron chi connectivity index (χ4n) is 2.61. The smallest absolute Gasteiger partial charge is 0.229 e. The quantitative estimate of drug-likeness (QED) is 0.746. The number of anilines is 2. The van der Waals surface area contributed by atoms with Crippen molar-refractivity contribution in [2.75, 3.05) is 44.9 Å². The van der Waals surface area contributed by atoms with Crippen LogP contribution in [0.3, 0.4) is 0 Å². The first-order valence-electron chi connectivity index (χ1n) is 7.18. The average molecular weight is 295 g/mol. The summed E-state index contributed by atoms with van der Waals surface area (Å²) in [6.07, 6.45) is 2.22. The van der Waals surface area contributed by atoms with Crippen LogP contribution < -0.4 is 16.4 Å². The van der Waals surface area contributed by atoms with Gasteiger partial charge in [-0.2, -0.15) is 15.0 Å². The molecule has 2 atom stereocenters. The highest BCUT2D eigenvalue weighted by Gasteiger charge is 2.28. The molecule has 1 aromatic heterocycles. The third kappa shape index (κ3) is 3.99. The second-order valence-corrected chi connectivity index (χ2v) is 5.55. The van der Waals surface area contributed by atoms with E-state index in [4.69, 9.17) is 16.2 Å². The van der Waals surface area contributed by atoms with E-state index in [9.17, 15) is 0 Å². The number of nitrogens with two attached hydrogens (primary N) is 2. The van der Waals surface area contributed by atoms with Gasteiger partial charge >= 0.3 is 0 Å². The molecule has 0 radical (unpaired) electrons. The molecule has 2 heterocycles. The van der Waals surface area contributed by atoms with Crippen LogP contribution in [0.1, 0.15) is 18.7 Å². The van der Waals surface area contributed by atoms with Gasteiger partial charge in [0.05, 0.1) is 12.6 Å². The fourth-order valence-corrected chi connectivity index (χ4v) is 2.61. The van der Waals surface area contributed by atoms with E-state index in [-0.39, 0.29) is 18.1 Å². The molecule has 21 heavy (non-hydrogen) atoms. The molecule has 2 rings (SSSR count). The maximum absolute atomic E-state index is 5.89. The third-order valence-corrected chi connectivity index (χ3v) is 3.83. The lowest BCUT2D eigenvalue weighted by Gasteiger charge is -2.38. The van der Waals surface area contributed by atoms with E-state index in [1.807, 2.05) is 19.0 Å². The van der Waals surface area contributed by atoms with Gasteiger partial charge in [0.1, 0.15) is 5.82 Å². The van der Waals surface area contributed by atoms with Gasteiger partial charge in [-0.1, -0.05) is 0 Å². The lowest BCUT2D eigenvalue weighted by Crippen LogP contribution is -2.48. The second-order valence-electron chi connectivity index (χ2n) is 5.55. The van der Waals surface area contributed by atoms with Crippen molar-refractivity contribution in [1.82, 2.24) is 19.9 Å². The highest BCUT2D eigenvalue weighted by molar-refractivity contribution is 5.32. The first-order valence-corrected chi connectivity index (χ1v) is 7.18. The van der Waals surface area contributed by atoms with E-state index >= 15 is 0 Å². The molecule has 0 amide bonds. The molecule has 0 aromatic carbocycles. The standard InChI is InChI=1S/C13H25N7O/c1-19(2)13-17-11(16-12(15)18-13)8-20-5-4-10(21-3)6-9(20)7-14/h9-10H,4-8,14H2,1-3H3,(H2,15,16,17,18). The van der Waals surface area contributed by atoms with Gasteiger partial charge < -0.3 is 21.1 Å². The molecule has 1 fully saturated rings. The number of rotatable bonds is 5. The molecule has 0 aliphatic carbocycles. The number of nitrogen functional groups attached to an aromatic ring is 1. The first-order chi connectivity index (χ1) is 10.0. The van der Waals surface area contributed by atoms with Crippen LogP contribution in [-0.2, 0) is 11.3 Å². The second kappa shape index (κ2) is 6.97. The number of piperidine rings is 1. The summed E-state index contributed by atoms with van der Waals surface area (Å²) in [4.78, 5) is 16.9. The molecule has 1 aromatic rings. The topological polar surface area (TPSA) is 106 Å². The van der Waals surface area contributed by atoms with Crippen LogP contribution in [0.2, 0.25) is 0 Å². The summed E-state index contributed by atoms with van der Waals surface area (Å²) in [7, 11) is 5.51. The lowest BCUT2D eigenvalue weighted by atomic mass is 9.99. The van der Waals surface area contributed by atoms with Crippen molar-refractivity contribution >= 4 is 11.9 Å². The number of ether oxygens (including phenoxy) is 1. The van der Waals surface area contributed by atoms with Crippen LogP contribution in [0.25, 0.3) is 0 Å². The number of nitrogens with zero attached hydrogens (tertiary/aromatic N) is 5. The lowest BCUT2D eigenvalue weighted by molar-refractivity contribution is 0.00931. The Kier molecular flexibility index (Phi) is 5.27. The van der Waals surface area contributed by atoms with Crippen LogP contribution in [0.15, 0.2) is 0 Å². The number of hydrogen-bond donors (Lipinski definition) is 2. The van der Waals surface area contributed by atoms with Crippen molar-refractivity contribution in [2.45, 2.75) is 31.5 Å². The highest BCUT2D eigenvalue weighted by atomic mass is 16.5. The minimum Gasteiger partial charge on any atom is -0.381 e. The van der Waals surface area contributed by atoms with E-state index in [0.29, 0.717) is 24.9 Å². The average Bonchev–Trinajstić information content (AvgIpc) is 2.47. The molecule has 8 heteroatoms. The molecule has 4 N–H and O–H groups in total. The van der Waals surface area contributed by atoms with Gasteiger partial charge in [-0.3, -0.25) is 4.90 Å². The maximum Gasteiger partial charge on any atom is 0.229 e. The van der Waals surface area contributed by atoms with E-state index in [0.717, 1.165) is 19.4 Å². The first kappa shape index (κ1) is 15.9. The van der Waals surface area contributed by atoms with E-state index in [1.54, 1.807) is 7.11 Å². The Morgan fingerprint density at radius 3 is 2.71 bits per heavy atom. The molecule has 0 bridgehead atoms. The molecular formula is C13H25N7O. The Bertz CT molecular complexity index is 468. The van der Waals surface area contributed by atoms with Gasteiger partial charge in [-0.25, -0.2) is 0 Å². The molecule has 1 aliphatic heterocycles. The minimum atomic E-state index is 0.250. The fraction of sp³-hybridized carbons (Fsp3) is 0.769. The summed E-state index contributed by atoms with van der Waals surface area (Å²) >= 11 is 0. The number of likely N-dealkylation sites (tertiary alicyclic amines) is 1. The normalized spacial score (nSPS) is 23.2. The van der Waals surface area contributed by atoms with E-state index < -0.39 is 0 Å². The minimum absolute atomic E-state index is 0.250. The zero-order chi connectivity index (χ0) is 15.4. The molecule has 1 saturated heterocycles. The van der Waals surface area contributed by atoms with Crippen LogP contribution in [-0.4, -0.2) is 66.3 Å². The molecular weight excluding hydrogens is 270 g/mol. The van der Waals surface area contributed by atoms with Crippen LogP contribution in [0, 0.1) is 0 Å². The summed E-state index contributed by atoms with van der Waals surface area (Å²) in [6.45, 7) is 2.15. The third-order valence-electron chi connectivity index (χ3n) is 3.83. The molecule has 0 saturated carbocycles. The SMILES string of the molecule is COC1CCN(Cc2nc(N)nc(N(C)C)n2)C(CN)C1. The largest absolute Gasteiger partial charge is 0.381 e. The summed E-state index contributed by atoms with van der Waals surface area (Å²) in [6, 6.07) is 0.282. The van der Waals surface area contributed by atoms with Gasteiger partial charge in [0, 0.05) is 40.3 Å². The van der Waals surface area contributed by atoms with Gasteiger partial charge in [0.25, 0.3) is 0 Å². The predicted molar refractivity (Wildman–Crippen MR) is 81.8 cm³/mol. The Morgan fingerprint density at radius 2 is 2.10 bits per heavy atom. The van der Waals surface area contributed by atoms with Gasteiger partial charge in [0.2, 0.25) is 11.9 Å². The zero-order valence-corrected chi connectivity index (χ0v) is 13.0. The van der Waals surface area contributed by atoms with E-state index in [1.165, 1.54) is 0 Å². The van der Waals surface area contributed by atoms with Gasteiger partial charge in [-0.05, 0) is 12.8 Å². The predicted octanol–water partition coefficient (Wildman–Crippen LogP) is -0.542. The van der Waals surface area contributed by atoms with Gasteiger partial charge in [-0.15, -0.1) is 0 Å². The van der Waals surface area contributed by atoms with E-state index in [2.05, 4.69) is 19.9 Å². The van der Waals surface area contributed by atoms with Crippen LogP contribution in [0.5, 0.6) is 0 Å². The highest BCUT2D eigenvalue weighted by Crippen LogP contribution is 2.21. The summed E-state index contributed by atoms with van der Waals surface area (Å²) in [5.41, 5.74) is 11.6. The van der Waals surface area contributed by atoms with Crippen LogP contribution >= 0.6 is 0 Å². The number of methoxy groups -OCH3 is 1. The number of hydrogen-bond acceptors (Lipinski definition) is 8. The summed E-state index contributed by atoms with van der Waals surface area (Å²) in [5, 5.41) is 0. The van der Waals surface area contributed by atoms with Crippen molar-refractivity contribution in [1.29, 1.82) is 0 Å².